The van der Waals surface area contributed by atoms with Crippen LogP contribution in [0.3, 0.4) is 0 Å². The molecule has 2 aromatic rings. The number of carbonyl (C=O) groups is 2. The zero-order chi connectivity index (χ0) is 14.4. The number of hydrogen-bond acceptors (Lipinski definition) is 2. The molecule has 2 N–H and O–H groups in total. The number of benzene rings is 1. The van der Waals surface area contributed by atoms with E-state index in [1.165, 1.54) is 19.2 Å². The Balaban J connectivity index is 1.98. The lowest BCUT2D eigenvalue weighted by Gasteiger charge is -2.07. The first kappa shape index (κ1) is 12.9. The van der Waals surface area contributed by atoms with E-state index in [0.29, 0.717) is 21.5 Å². The second kappa shape index (κ2) is 4.49. The van der Waals surface area contributed by atoms with E-state index in [9.17, 15) is 14.0 Å². The van der Waals surface area contributed by atoms with Crippen molar-refractivity contribution in [1.82, 2.24) is 15.2 Å². The van der Waals surface area contributed by atoms with Gasteiger partial charge in [-0.2, -0.15) is 0 Å². The molecule has 1 atom stereocenters. The van der Waals surface area contributed by atoms with E-state index in [1.54, 1.807) is 6.20 Å². The lowest BCUT2D eigenvalue weighted by Crippen LogP contribution is -2.31. The van der Waals surface area contributed by atoms with Crippen molar-refractivity contribution in [3.05, 3.63) is 34.7 Å². The van der Waals surface area contributed by atoms with Crippen LogP contribution in [0.5, 0.6) is 0 Å². The van der Waals surface area contributed by atoms with Crippen molar-refractivity contribution in [2.75, 3.05) is 7.05 Å². The Labute approximate surface area is 118 Å². The lowest BCUT2D eigenvalue weighted by molar-refractivity contribution is -0.126. The third kappa shape index (κ3) is 1.84. The highest BCUT2D eigenvalue weighted by Gasteiger charge is 2.35. The van der Waals surface area contributed by atoms with E-state index in [1.807, 2.05) is 0 Å². The van der Waals surface area contributed by atoms with Crippen LogP contribution in [0.15, 0.2) is 18.3 Å². The molecule has 3 amide bonds. The SMILES string of the molecule is CN1C(=O)N[C@@H](Cc2c[nH]c3c(Cl)ccc(F)c23)C1=O. The van der Waals surface area contributed by atoms with Crippen molar-refractivity contribution in [2.45, 2.75) is 12.5 Å². The summed E-state index contributed by atoms with van der Waals surface area (Å²) in [6, 6.07) is 1.63. The zero-order valence-corrected chi connectivity index (χ0v) is 11.3. The minimum atomic E-state index is -0.676. The fourth-order valence-corrected chi connectivity index (χ4v) is 2.61. The number of H-pyrrole nitrogens is 1. The molecule has 1 aliphatic rings. The minimum Gasteiger partial charge on any atom is -0.360 e. The van der Waals surface area contributed by atoms with Gasteiger partial charge in [-0.1, -0.05) is 11.6 Å². The third-order valence-corrected chi connectivity index (χ3v) is 3.79. The van der Waals surface area contributed by atoms with E-state index in [4.69, 9.17) is 11.6 Å². The smallest absolute Gasteiger partial charge is 0.324 e. The number of hydrogen-bond donors (Lipinski definition) is 2. The summed E-state index contributed by atoms with van der Waals surface area (Å²) in [5.41, 5.74) is 1.10. The molecule has 1 saturated heterocycles. The molecule has 0 unspecified atom stereocenters. The average Bonchev–Trinajstić information content (AvgIpc) is 2.94. The maximum atomic E-state index is 13.9. The predicted octanol–water partition coefficient (Wildman–Crippen LogP) is 2.05. The maximum Gasteiger partial charge on any atom is 0.324 e. The molecule has 3 rings (SSSR count). The standard InChI is InChI=1S/C13H11ClFN3O2/c1-18-12(19)9(17-13(18)20)4-6-5-16-11-7(14)2-3-8(15)10(6)11/h2-3,5,9,16H,4H2,1H3,(H,17,20)/t9-/m0/s1. The van der Waals surface area contributed by atoms with Crippen molar-refractivity contribution >= 4 is 34.4 Å². The summed E-state index contributed by atoms with van der Waals surface area (Å²) in [6.07, 6.45) is 1.82. The largest absolute Gasteiger partial charge is 0.360 e. The van der Waals surface area contributed by atoms with Gasteiger partial charge in [-0.3, -0.25) is 9.69 Å². The number of likely N-dealkylation sites (N-methyl/N-ethyl adjacent to an activating group) is 1. The predicted molar refractivity (Wildman–Crippen MR) is 72.1 cm³/mol. The molecule has 7 heteroatoms. The average molecular weight is 296 g/mol. The molecular formula is C13H11ClFN3O2. The summed E-state index contributed by atoms with van der Waals surface area (Å²) in [5, 5.41) is 3.32. The van der Waals surface area contributed by atoms with Gasteiger partial charge < -0.3 is 10.3 Å². The fourth-order valence-electron chi connectivity index (χ4n) is 2.40. The van der Waals surface area contributed by atoms with Crippen LogP contribution in [0.2, 0.25) is 5.02 Å². The molecule has 2 heterocycles. The van der Waals surface area contributed by atoms with Crippen molar-refractivity contribution < 1.29 is 14.0 Å². The number of rotatable bonds is 2. The van der Waals surface area contributed by atoms with E-state index in [-0.39, 0.29) is 12.3 Å². The Morgan fingerprint density at radius 1 is 1.40 bits per heavy atom. The number of halogens is 2. The van der Waals surface area contributed by atoms with Gasteiger partial charge in [0.05, 0.1) is 10.5 Å². The van der Waals surface area contributed by atoms with Crippen molar-refractivity contribution in [2.24, 2.45) is 0 Å². The number of urea groups is 1. The first-order chi connectivity index (χ1) is 9.49. The number of aromatic nitrogens is 1. The molecule has 0 aliphatic carbocycles. The Morgan fingerprint density at radius 2 is 2.15 bits per heavy atom. The number of carbonyl (C=O) groups excluding carboxylic acids is 2. The van der Waals surface area contributed by atoms with Gasteiger partial charge >= 0.3 is 6.03 Å². The van der Waals surface area contributed by atoms with Crippen LogP contribution in [-0.4, -0.2) is 34.9 Å². The summed E-state index contributed by atoms with van der Waals surface area (Å²) in [5.74, 6) is -0.738. The van der Waals surface area contributed by atoms with E-state index >= 15 is 0 Å². The number of nitrogens with zero attached hydrogens (tertiary/aromatic N) is 1. The summed E-state index contributed by atoms with van der Waals surface area (Å²) in [4.78, 5) is 27.2. The van der Waals surface area contributed by atoms with Crippen LogP contribution in [0.1, 0.15) is 5.56 Å². The van der Waals surface area contributed by atoms with Gasteiger partial charge in [0.2, 0.25) is 0 Å². The monoisotopic (exact) mass is 295 g/mol. The molecular weight excluding hydrogens is 285 g/mol. The zero-order valence-electron chi connectivity index (χ0n) is 10.5. The quantitative estimate of drug-likeness (QED) is 0.833. The van der Waals surface area contributed by atoms with Crippen LogP contribution in [0, 0.1) is 5.82 Å². The second-order valence-electron chi connectivity index (χ2n) is 4.70. The van der Waals surface area contributed by atoms with Crippen molar-refractivity contribution in [3.8, 4) is 0 Å². The number of aromatic amines is 1. The Morgan fingerprint density at radius 3 is 2.80 bits per heavy atom. The second-order valence-corrected chi connectivity index (χ2v) is 5.10. The molecule has 1 aromatic carbocycles. The van der Waals surface area contributed by atoms with Gasteiger partial charge in [-0.25, -0.2) is 9.18 Å². The normalized spacial score (nSPS) is 18.9. The molecule has 1 aliphatic heterocycles. The highest BCUT2D eigenvalue weighted by molar-refractivity contribution is 6.35. The third-order valence-electron chi connectivity index (χ3n) is 3.47. The van der Waals surface area contributed by atoms with E-state index < -0.39 is 17.9 Å². The molecule has 1 aromatic heterocycles. The molecule has 0 radical (unpaired) electrons. The minimum absolute atomic E-state index is 0.214. The highest BCUT2D eigenvalue weighted by Crippen LogP contribution is 2.29. The highest BCUT2D eigenvalue weighted by atomic mass is 35.5. The van der Waals surface area contributed by atoms with Gasteiger partial charge in [-0.05, 0) is 17.7 Å². The van der Waals surface area contributed by atoms with Crippen LogP contribution in [-0.2, 0) is 11.2 Å². The molecule has 0 saturated carbocycles. The van der Waals surface area contributed by atoms with Crippen LogP contribution in [0.4, 0.5) is 9.18 Å². The number of nitrogens with one attached hydrogen (secondary N) is 2. The molecule has 0 bridgehead atoms. The number of amides is 3. The summed E-state index contributed by atoms with van der Waals surface area (Å²) < 4.78 is 13.9. The Hall–Kier alpha value is -2.08. The lowest BCUT2D eigenvalue weighted by atomic mass is 10.0. The van der Waals surface area contributed by atoms with Crippen molar-refractivity contribution in [3.63, 3.8) is 0 Å². The van der Waals surface area contributed by atoms with Gasteiger partial charge in [0, 0.05) is 25.1 Å². The van der Waals surface area contributed by atoms with E-state index in [2.05, 4.69) is 10.3 Å². The molecule has 104 valence electrons. The van der Waals surface area contributed by atoms with Crippen LogP contribution >= 0.6 is 11.6 Å². The topological polar surface area (TPSA) is 65.2 Å². The van der Waals surface area contributed by atoms with Gasteiger partial charge in [0.25, 0.3) is 5.91 Å². The Bertz CT molecular complexity index is 728. The number of fused-ring (bicyclic) bond motifs is 1. The fraction of sp³-hybridized carbons (Fsp3) is 0.231. The van der Waals surface area contributed by atoms with Crippen LogP contribution < -0.4 is 5.32 Å². The number of imide groups is 1. The van der Waals surface area contributed by atoms with Gasteiger partial charge in [-0.15, -0.1) is 0 Å². The van der Waals surface area contributed by atoms with Crippen LogP contribution in [0.25, 0.3) is 10.9 Å². The summed E-state index contributed by atoms with van der Waals surface area (Å²) >= 11 is 5.99. The molecule has 20 heavy (non-hydrogen) atoms. The van der Waals surface area contributed by atoms with E-state index in [0.717, 1.165) is 4.90 Å². The Kier molecular flexibility index (Phi) is 2.90. The summed E-state index contributed by atoms with van der Waals surface area (Å²) in [6.45, 7) is 0. The first-order valence-electron chi connectivity index (χ1n) is 6.01. The first-order valence-corrected chi connectivity index (χ1v) is 6.39. The van der Waals surface area contributed by atoms with Gasteiger partial charge in [0.15, 0.2) is 0 Å². The molecule has 1 fully saturated rings. The molecule has 5 nitrogen and oxygen atoms in total. The summed E-state index contributed by atoms with van der Waals surface area (Å²) in [7, 11) is 1.41. The van der Waals surface area contributed by atoms with Crippen molar-refractivity contribution in [1.29, 1.82) is 0 Å². The molecule has 0 spiro atoms. The van der Waals surface area contributed by atoms with Gasteiger partial charge in [0.1, 0.15) is 11.9 Å². The maximum absolute atomic E-state index is 13.9.